The SMILES string of the molecule is Nc1ccc(C(=O)CS(=O)(=O)c2ccc(Oc3ccccc3)cc2)cc1. The number of carbonyl (C=O) groups is 1. The fourth-order valence-corrected chi connectivity index (χ4v) is 3.58. The van der Waals surface area contributed by atoms with Crippen molar-refractivity contribution in [1.82, 2.24) is 0 Å². The summed E-state index contributed by atoms with van der Waals surface area (Å²) in [5, 5.41) is 0. The summed E-state index contributed by atoms with van der Waals surface area (Å²) >= 11 is 0. The Kier molecular flexibility index (Phi) is 5.04. The molecular weight excluding hydrogens is 350 g/mol. The van der Waals surface area contributed by atoms with Crippen LogP contribution in [0.1, 0.15) is 10.4 Å². The van der Waals surface area contributed by atoms with Crippen molar-refractivity contribution in [2.45, 2.75) is 4.90 Å². The van der Waals surface area contributed by atoms with Gasteiger partial charge in [-0.2, -0.15) is 0 Å². The summed E-state index contributed by atoms with van der Waals surface area (Å²) in [6.45, 7) is 0. The van der Waals surface area contributed by atoms with E-state index >= 15 is 0 Å². The maximum absolute atomic E-state index is 12.5. The molecule has 0 aliphatic carbocycles. The fraction of sp³-hybridized carbons (Fsp3) is 0.0500. The van der Waals surface area contributed by atoms with Crippen LogP contribution in [0, 0.1) is 0 Å². The molecule has 0 saturated heterocycles. The molecule has 5 nitrogen and oxygen atoms in total. The highest BCUT2D eigenvalue weighted by atomic mass is 32.2. The van der Waals surface area contributed by atoms with Gasteiger partial charge in [0, 0.05) is 11.3 Å². The monoisotopic (exact) mass is 367 g/mol. The molecule has 0 unspecified atom stereocenters. The maximum atomic E-state index is 12.5. The first-order valence-corrected chi connectivity index (χ1v) is 9.54. The molecule has 0 amide bonds. The molecule has 0 radical (unpaired) electrons. The third-order valence-corrected chi connectivity index (χ3v) is 5.35. The highest BCUT2D eigenvalue weighted by Crippen LogP contribution is 2.23. The predicted octanol–water partition coefficient (Wildman–Crippen LogP) is 3.72. The Morgan fingerprint density at radius 2 is 1.38 bits per heavy atom. The normalized spacial score (nSPS) is 11.1. The van der Waals surface area contributed by atoms with Gasteiger partial charge >= 0.3 is 0 Å². The van der Waals surface area contributed by atoms with Crippen molar-refractivity contribution in [2.75, 3.05) is 11.5 Å². The van der Waals surface area contributed by atoms with Gasteiger partial charge in [-0.3, -0.25) is 4.79 Å². The van der Waals surface area contributed by atoms with Crippen molar-refractivity contribution in [3.63, 3.8) is 0 Å². The van der Waals surface area contributed by atoms with Crippen LogP contribution >= 0.6 is 0 Å². The molecular formula is C20H17NO4S. The maximum Gasteiger partial charge on any atom is 0.185 e. The van der Waals surface area contributed by atoms with Crippen LogP contribution < -0.4 is 10.5 Å². The number of benzene rings is 3. The van der Waals surface area contributed by atoms with Crippen molar-refractivity contribution in [1.29, 1.82) is 0 Å². The van der Waals surface area contributed by atoms with Gasteiger partial charge in [0.2, 0.25) is 0 Å². The Labute approximate surface area is 152 Å². The molecule has 0 aromatic heterocycles. The van der Waals surface area contributed by atoms with Crippen molar-refractivity contribution in [2.24, 2.45) is 0 Å². The predicted molar refractivity (Wildman–Crippen MR) is 100 cm³/mol. The van der Waals surface area contributed by atoms with Gasteiger partial charge in [-0.05, 0) is 60.7 Å². The number of nitrogens with two attached hydrogens (primary N) is 1. The molecule has 6 heteroatoms. The first-order valence-electron chi connectivity index (χ1n) is 7.88. The summed E-state index contributed by atoms with van der Waals surface area (Å²) in [4.78, 5) is 12.3. The van der Waals surface area contributed by atoms with E-state index in [-0.39, 0.29) is 4.90 Å². The number of para-hydroxylation sites is 1. The molecule has 26 heavy (non-hydrogen) atoms. The van der Waals surface area contributed by atoms with Crippen LogP contribution in [0.3, 0.4) is 0 Å². The van der Waals surface area contributed by atoms with Gasteiger partial charge in [-0.25, -0.2) is 8.42 Å². The second-order valence-electron chi connectivity index (χ2n) is 5.69. The van der Waals surface area contributed by atoms with Crippen LogP contribution in [-0.2, 0) is 9.84 Å². The number of rotatable bonds is 6. The summed E-state index contributed by atoms with van der Waals surface area (Å²) in [5.74, 6) is 0.0896. The number of sulfone groups is 1. The van der Waals surface area contributed by atoms with Crippen LogP contribution in [0.25, 0.3) is 0 Å². The molecule has 3 rings (SSSR count). The highest BCUT2D eigenvalue weighted by molar-refractivity contribution is 7.92. The van der Waals surface area contributed by atoms with Gasteiger partial charge in [0.05, 0.1) is 4.90 Å². The van der Waals surface area contributed by atoms with Gasteiger partial charge in [-0.15, -0.1) is 0 Å². The van der Waals surface area contributed by atoms with Gasteiger partial charge in [0.15, 0.2) is 15.6 Å². The minimum Gasteiger partial charge on any atom is -0.457 e. The minimum atomic E-state index is -3.74. The lowest BCUT2D eigenvalue weighted by molar-refractivity contribution is 0.102. The van der Waals surface area contributed by atoms with Crippen molar-refractivity contribution in [3.8, 4) is 11.5 Å². The van der Waals surface area contributed by atoms with E-state index in [1.54, 1.807) is 36.4 Å². The molecule has 0 bridgehead atoms. The second kappa shape index (κ2) is 7.41. The number of Topliss-reactive ketones (excluding diaryl/α,β-unsaturated/α-hetero) is 1. The third kappa shape index (κ3) is 4.29. The van der Waals surface area contributed by atoms with Crippen molar-refractivity contribution < 1.29 is 17.9 Å². The zero-order valence-corrected chi connectivity index (χ0v) is 14.6. The Bertz CT molecular complexity index is 996. The number of carbonyl (C=O) groups excluding carboxylic acids is 1. The summed E-state index contributed by atoms with van der Waals surface area (Å²) in [7, 11) is -3.74. The molecule has 3 aromatic rings. The summed E-state index contributed by atoms with van der Waals surface area (Å²) in [5.41, 5.74) is 6.40. The lowest BCUT2D eigenvalue weighted by Crippen LogP contribution is -2.16. The van der Waals surface area contributed by atoms with E-state index in [0.29, 0.717) is 22.7 Å². The first kappa shape index (κ1) is 17.7. The number of ketones is 1. The van der Waals surface area contributed by atoms with E-state index in [0.717, 1.165) is 0 Å². The molecule has 0 aliphatic heterocycles. The van der Waals surface area contributed by atoms with Crippen molar-refractivity contribution >= 4 is 21.3 Å². The molecule has 0 spiro atoms. The zero-order chi connectivity index (χ0) is 18.6. The first-order chi connectivity index (χ1) is 12.4. The molecule has 0 heterocycles. The molecule has 2 N–H and O–H groups in total. The lowest BCUT2D eigenvalue weighted by atomic mass is 10.1. The van der Waals surface area contributed by atoms with Crippen LogP contribution in [-0.4, -0.2) is 20.0 Å². The Balaban J connectivity index is 1.72. The van der Waals surface area contributed by atoms with Crippen LogP contribution in [0.2, 0.25) is 0 Å². The molecule has 0 atom stereocenters. The van der Waals surface area contributed by atoms with E-state index in [2.05, 4.69) is 0 Å². The number of hydrogen-bond donors (Lipinski definition) is 1. The van der Waals surface area contributed by atoms with Crippen LogP contribution in [0.15, 0.2) is 83.8 Å². The number of ether oxygens (including phenoxy) is 1. The molecule has 0 aliphatic rings. The van der Waals surface area contributed by atoms with Gasteiger partial charge in [-0.1, -0.05) is 18.2 Å². The van der Waals surface area contributed by atoms with Gasteiger partial charge < -0.3 is 10.5 Å². The van der Waals surface area contributed by atoms with Crippen LogP contribution in [0.4, 0.5) is 5.69 Å². The van der Waals surface area contributed by atoms with E-state index in [4.69, 9.17) is 10.5 Å². The average molecular weight is 367 g/mol. The molecule has 0 fully saturated rings. The highest BCUT2D eigenvalue weighted by Gasteiger charge is 2.20. The Hall–Kier alpha value is -3.12. The Morgan fingerprint density at radius 1 is 0.808 bits per heavy atom. The second-order valence-corrected chi connectivity index (χ2v) is 7.68. The van der Waals surface area contributed by atoms with E-state index in [1.807, 2.05) is 18.2 Å². The average Bonchev–Trinajstić information content (AvgIpc) is 2.63. The van der Waals surface area contributed by atoms with E-state index < -0.39 is 21.4 Å². The Morgan fingerprint density at radius 3 is 2.00 bits per heavy atom. The summed E-state index contributed by atoms with van der Waals surface area (Å²) in [6.07, 6.45) is 0. The number of nitrogen functional groups attached to an aromatic ring is 1. The van der Waals surface area contributed by atoms with E-state index in [1.165, 1.54) is 24.3 Å². The fourth-order valence-electron chi connectivity index (χ4n) is 2.35. The summed E-state index contributed by atoms with van der Waals surface area (Å²) < 4.78 is 30.6. The number of hydrogen-bond acceptors (Lipinski definition) is 5. The quantitative estimate of drug-likeness (QED) is 0.530. The number of anilines is 1. The molecule has 3 aromatic carbocycles. The van der Waals surface area contributed by atoms with E-state index in [9.17, 15) is 13.2 Å². The van der Waals surface area contributed by atoms with Gasteiger partial charge in [0.25, 0.3) is 0 Å². The topological polar surface area (TPSA) is 86.5 Å². The smallest absolute Gasteiger partial charge is 0.185 e. The minimum absolute atomic E-state index is 0.0710. The molecule has 0 saturated carbocycles. The summed E-state index contributed by atoms with van der Waals surface area (Å²) in [6, 6.07) is 21.3. The zero-order valence-electron chi connectivity index (χ0n) is 13.8. The third-order valence-electron chi connectivity index (χ3n) is 3.72. The standard InChI is InChI=1S/C20H17NO4S/c21-16-8-6-15(7-9-16)20(22)14-26(23,24)19-12-10-18(11-13-19)25-17-4-2-1-3-5-17/h1-13H,14,21H2. The lowest BCUT2D eigenvalue weighted by Gasteiger charge is -2.08. The van der Waals surface area contributed by atoms with Gasteiger partial charge in [0.1, 0.15) is 17.3 Å². The van der Waals surface area contributed by atoms with Crippen LogP contribution in [0.5, 0.6) is 11.5 Å². The molecule has 132 valence electrons. The van der Waals surface area contributed by atoms with Crippen molar-refractivity contribution in [3.05, 3.63) is 84.4 Å². The largest absolute Gasteiger partial charge is 0.457 e.